The van der Waals surface area contributed by atoms with Gasteiger partial charge in [-0.15, -0.1) is 0 Å². The van der Waals surface area contributed by atoms with Gasteiger partial charge < -0.3 is 0 Å². The van der Waals surface area contributed by atoms with Crippen molar-refractivity contribution in [1.29, 1.82) is 0 Å². The predicted molar refractivity (Wildman–Crippen MR) is 150 cm³/mol. The van der Waals surface area contributed by atoms with E-state index in [2.05, 4.69) is 24.5 Å². The summed E-state index contributed by atoms with van der Waals surface area (Å²) < 4.78 is 36.0. The monoisotopic (exact) mass is 520 g/mol. The third-order valence-electron chi connectivity index (χ3n) is 6.47. The molecule has 0 aliphatic rings. The molecule has 7 heteroatoms. The molecule has 0 rings (SSSR count). The molecule has 2 atom stereocenters. The second-order valence-electron chi connectivity index (χ2n) is 9.93. The summed E-state index contributed by atoms with van der Waals surface area (Å²) in [5.41, 5.74) is 0. The van der Waals surface area contributed by atoms with E-state index < -0.39 is 22.9 Å². The van der Waals surface area contributed by atoms with Gasteiger partial charge in [-0.3, -0.25) is 10.6 Å². The fraction of sp³-hybridized carbons (Fsp3) is 1.00. The van der Waals surface area contributed by atoms with Crippen molar-refractivity contribution in [2.45, 2.75) is 169 Å². The molecule has 0 radical (unpaired) electrons. The van der Waals surface area contributed by atoms with Gasteiger partial charge in [-0.2, -0.15) is 8.42 Å². The highest BCUT2D eigenvalue weighted by molar-refractivity contribution is 7.81. The van der Waals surface area contributed by atoms with Crippen molar-refractivity contribution in [2.24, 2.45) is 0 Å². The van der Waals surface area contributed by atoms with Crippen LogP contribution in [0.1, 0.15) is 156 Å². The molecule has 0 aromatic carbocycles. The molecule has 0 aromatic rings. The summed E-state index contributed by atoms with van der Waals surface area (Å²) in [5.74, 6) is 0. The lowest BCUT2D eigenvalue weighted by atomic mass is 10.1. The van der Waals surface area contributed by atoms with Crippen LogP contribution < -0.4 is 10.6 Å². The second-order valence-corrected chi connectivity index (χ2v) is 11.1. The molecule has 212 valence electrons. The molecular weight excluding hydrogens is 460 g/mol. The van der Waals surface area contributed by atoms with Gasteiger partial charge in [0.25, 0.3) is 0 Å². The molecule has 0 saturated carbocycles. The first-order valence-electron chi connectivity index (χ1n) is 15.1. The minimum atomic E-state index is -4.07. The van der Waals surface area contributed by atoms with E-state index in [1.54, 1.807) is 0 Å². The highest BCUT2D eigenvalue weighted by Crippen LogP contribution is 2.16. The molecule has 0 aliphatic carbocycles. The maximum absolute atomic E-state index is 12.6. The molecule has 35 heavy (non-hydrogen) atoms. The normalized spacial score (nSPS) is 13.8. The summed E-state index contributed by atoms with van der Waals surface area (Å²) in [6.45, 7) is 9.73. The van der Waals surface area contributed by atoms with Gasteiger partial charge in [0, 0.05) is 0 Å². The van der Waals surface area contributed by atoms with Crippen LogP contribution >= 0.6 is 0 Å². The van der Waals surface area contributed by atoms with Gasteiger partial charge in [0.15, 0.2) is 0 Å². The molecule has 0 fully saturated rings. The summed E-state index contributed by atoms with van der Waals surface area (Å²) >= 11 is 0. The van der Waals surface area contributed by atoms with Gasteiger partial charge in [-0.25, -0.2) is 8.37 Å². The zero-order chi connectivity index (χ0) is 26.0. The van der Waals surface area contributed by atoms with E-state index >= 15 is 0 Å². The summed E-state index contributed by atoms with van der Waals surface area (Å²) in [5, 5.41) is 6.30. The molecule has 0 amide bonds. The average molecular weight is 521 g/mol. The minimum absolute atomic E-state index is 0.524. The van der Waals surface area contributed by atoms with E-state index in [9.17, 15) is 8.42 Å². The molecule has 0 spiro atoms. The van der Waals surface area contributed by atoms with E-state index in [4.69, 9.17) is 8.37 Å². The zero-order valence-corrected chi connectivity index (χ0v) is 24.6. The first-order chi connectivity index (χ1) is 17.0. The highest BCUT2D eigenvalue weighted by atomic mass is 32.3. The first-order valence-corrected chi connectivity index (χ1v) is 16.4. The Morgan fingerprint density at radius 2 is 0.771 bits per heavy atom. The lowest BCUT2D eigenvalue weighted by Gasteiger charge is -2.21. The molecule has 0 heterocycles. The molecule has 2 unspecified atom stereocenters. The number of rotatable bonds is 28. The van der Waals surface area contributed by atoms with Gasteiger partial charge in [0.1, 0.15) is 12.5 Å². The number of hydrogen-bond acceptors (Lipinski definition) is 6. The van der Waals surface area contributed by atoms with Crippen LogP contribution in [-0.2, 0) is 18.8 Å². The van der Waals surface area contributed by atoms with Gasteiger partial charge in [-0.05, 0) is 38.8 Å². The fourth-order valence-electron chi connectivity index (χ4n) is 4.41. The van der Waals surface area contributed by atoms with Crippen molar-refractivity contribution < 1.29 is 16.8 Å². The summed E-state index contributed by atoms with van der Waals surface area (Å²) in [7, 11) is -4.07. The van der Waals surface area contributed by atoms with Crippen molar-refractivity contribution in [3.05, 3.63) is 0 Å². The van der Waals surface area contributed by atoms with Crippen molar-refractivity contribution in [3.63, 3.8) is 0 Å². The molecule has 2 N–H and O–H groups in total. The average Bonchev–Trinajstić information content (AvgIpc) is 2.81. The third kappa shape index (κ3) is 23.9. The smallest absolute Gasteiger partial charge is 0.291 e. The van der Waals surface area contributed by atoms with Gasteiger partial charge >= 0.3 is 10.4 Å². The SMILES string of the molecule is CCCCCCCCCCCC(NCC)OS(=O)(=O)OC(CCCCCCCCCCC)NCC. The molecule has 0 aliphatic heterocycles. The molecule has 0 bridgehead atoms. The van der Waals surface area contributed by atoms with Crippen LogP contribution in [0.4, 0.5) is 0 Å². The van der Waals surface area contributed by atoms with Gasteiger partial charge in [-0.1, -0.05) is 130 Å². The van der Waals surface area contributed by atoms with E-state index in [-0.39, 0.29) is 0 Å². The fourth-order valence-corrected chi connectivity index (χ4v) is 5.35. The Bertz CT molecular complexity index is 491. The largest absolute Gasteiger partial charge is 0.402 e. The maximum atomic E-state index is 12.6. The minimum Gasteiger partial charge on any atom is -0.291 e. The standard InChI is InChI=1S/C28H60N2O4S/c1-5-9-11-13-15-17-19-21-23-25-27(29-7-3)33-35(31,32)34-28(30-8-4)26-24-22-20-18-16-14-12-10-6-2/h27-30H,5-26H2,1-4H3. The Hall–Kier alpha value is -0.210. The quantitative estimate of drug-likeness (QED) is 0.0804. The van der Waals surface area contributed by atoms with E-state index in [0.29, 0.717) is 25.9 Å². The maximum Gasteiger partial charge on any atom is 0.402 e. The van der Waals surface area contributed by atoms with E-state index in [1.165, 1.54) is 89.9 Å². The van der Waals surface area contributed by atoms with Crippen LogP contribution in [0.5, 0.6) is 0 Å². The Morgan fingerprint density at radius 1 is 0.486 bits per heavy atom. The highest BCUT2D eigenvalue weighted by Gasteiger charge is 2.24. The Labute approximate surface area is 219 Å². The van der Waals surface area contributed by atoms with Crippen LogP contribution in [0.15, 0.2) is 0 Å². The number of nitrogens with one attached hydrogen (secondary N) is 2. The van der Waals surface area contributed by atoms with Crippen LogP contribution in [0.3, 0.4) is 0 Å². The van der Waals surface area contributed by atoms with Crippen molar-refractivity contribution in [3.8, 4) is 0 Å². The second kappa shape index (κ2) is 25.4. The predicted octanol–water partition coefficient (Wildman–Crippen LogP) is 7.98. The number of unbranched alkanes of at least 4 members (excludes halogenated alkanes) is 16. The lowest BCUT2D eigenvalue weighted by Crippen LogP contribution is -2.38. The Balaban J connectivity index is 4.21. The number of hydrogen-bond donors (Lipinski definition) is 2. The zero-order valence-electron chi connectivity index (χ0n) is 23.8. The van der Waals surface area contributed by atoms with Crippen molar-refractivity contribution in [1.82, 2.24) is 10.6 Å². The molecular formula is C28H60N2O4S. The van der Waals surface area contributed by atoms with Crippen LogP contribution in [0.25, 0.3) is 0 Å². The third-order valence-corrected chi connectivity index (χ3v) is 7.41. The van der Waals surface area contributed by atoms with Gasteiger partial charge in [0.05, 0.1) is 0 Å². The van der Waals surface area contributed by atoms with Crippen molar-refractivity contribution in [2.75, 3.05) is 13.1 Å². The van der Waals surface area contributed by atoms with Crippen LogP contribution in [-0.4, -0.2) is 34.0 Å². The van der Waals surface area contributed by atoms with E-state index in [1.807, 2.05) is 13.8 Å². The first kappa shape index (κ1) is 34.8. The summed E-state index contributed by atoms with van der Waals surface area (Å²) in [6.07, 6.45) is 22.6. The Kier molecular flexibility index (Phi) is 25.3. The van der Waals surface area contributed by atoms with Crippen molar-refractivity contribution >= 4 is 10.4 Å². The van der Waals surface area contributed by atoms with Crippen LogP contribution in [0.2, 0.25) is 0 Å². The lowest BCUT2D eigenvalue weighted by molar-refractivity contribution is 0.0840. The summed E-state index contributed by atoms with van der Waals surface area (Å²) in [6, 6.07) is 0. The van der Waals surface area contributed by atoms with Crippen LogP contribution in [0, 0.1) is 0 Å². The molecule has 6 nitrogen and oxygen atoms in total. The summed E-state index contributed by atoms with van der Waals surface area (Å²) in [4.78, 5) is 0. The molecule has 0 aromatic heterocycles. The molecule has 0 saturated heterocycles. The topological polar surface area (TPSA) is 76.7 Å². The van der Waals surface area contributed by atoms with E-state index in [0.717, 1.165) is 25.7 Å². The van der Waals surface area contributed by atoms with Gasteiger partial charge in [0.2, 0.25) is 0 Å². The Morgan fingerprint density at radius 3 is 1.06 bits per heavy atom.